The summed E-state index contributed by atoms with van der Waals surface area (Å²) in [6.07, 6.45) is 11.4. The van der Waals surface area contributed by atoms with Gasteiger partial charge in [0.1, 0.15) is 0 Å². The zero-order chi connectivity index (χ0) is 11.3. The Labute approximate surface area is 101 Å². The van der Waals surface area contributed by atoms with E-state index in [1.165, 1.54) is 71.0 Å². The SMILES string of the molecule is CC1(CNCC2CCCCN2)CCCCC1. The van der Waals surface area contributed by atoms with Crippen molar-refractivity contribution >= 4 is 0 Å². The van der Waals surface area contributed by atoms with Gasteiger partial charge in [0.15, 0.2) is 0 Å². The van der Waals surface area contributed by atoms with Gasteiger partial charge in [-0.2, -0.15) is 0 Å². The second-order valence-electron chi connectivity index (χ2n) is 6.15. The van der Waals surface area contributed by atoms with Crippen molar-refractivity contribution in [1.82, 2.24) is 10.6 Å². The van der Waals surface area contributed by atoms with Crippen LogP contribution in [0, 0.1) is 5.41 Å². The highest BCUT2D eigenvalue weighted by atomic mass is 15.0. The Bertz CT molecular complexity index is 191. The predicted octanol–water partition coefficient (Wildman–Crippen LogP) is 2.69. The number of nitrogens with one attached hydrogen (secondary N) is 2. The molecule has 1 aliphatic heterocycles. The average molecular weight is 224 g/mol. The number of rotatable bonds is 4. The van der Waals surface area contributed by atoms with E-state index in [0.717, 1.165) is 6.04 Å². The highest BCUT2D eigenvalue weighted by Gasteiger charge is 2.26. The molecule has 0 aromatic heterocycles. The van der Waals surface area contributed by atoms with Crippen molar-refractivity contribution in [3.05, 3.63) is 0 Å². The molecule has 1 unspecified atom stereocenters. The molecule has 0 radical (unpaired) electrons. The van der Waals surface area contributed by atoms with Gasteiger partial charge >= 0.3 is 0 Å². The lowest BCUT2D eigenvalue weighted by molar-refractivity contribution is 0.204. The fraction of sp³-hybridized carbons (Fsp3) is 1.00. The number of piperidine rings is 1. The van der Waals surface area contributed by atoms with Crippen LogP contribution < -0.4 is 10.6 Å². The molecule has 2 aliphatic rings. The van der Waals surface area contributed by atoms with Gasteiger partial charge in [-0.1, -0.05) is 32.6 Å². The Morgan fingerprint density at radius 1 is 1.12 bits per heavy atom. The van der Waals surface area contributed by atoms with Gasteiger partial charge in [0.2, 0.25) is 0 Å². The van der Waals surface area contributed by atoms with Crippen molar-refractivity contribution in [3.63, 3.8) is 0 Å². The topological polar surface area (TPSA) is 24.1 Å². The Hall–Kier alpha value is -0.0800. The molecule has 2 N–H and O–H groups in total. The summed E-state index contributed by atoms with van der Waals surface area (Å²) in [5.74, 6) is 0. The minimum Gasteiger partial charge on any atom is -0.315 e. The van der Waals surface area contributed by atoms with Crippen molar-refractivity contribution in [2.75, 3.05) is 19.6 Å². The highest BCUT2D eigenvalue weighted by molar-refractivity contribution is 4.82. The van der Waals surface area contributed by atoms with Crippen LogP contribution in [0.2, 0.25) is 0 Å². The van der Waals surface area contributed by atoms with E-state index in [0.29, 0.717) is 5.41 Å². The maximum atomic E-state index is 3.70. The quantitative estimate of drug-likeness (QED) is 0.767. The fourth-order valence-corrected chi connectivity index (χ4v) is 3.23. The lowest BCUT2D eigenvalue weighted by Gasteiger charge is -2.34. The summed E-state index contributed by atoms with van der Waals surface area (Å²) in [5.41, 5.74) is 0.590. The van der Waals surface area contributed by atoms with Gasteiger partial charge in [-0.3, -0.25) is 0 Å². The second kappa shape index (κ2) is 6.02. The molecule has 1 aliphatic carbocycles. The lowest BCUT2D eigenvalue weighted by Crippen LogP contribution is -2.44. The first-order valence-electron chi connectivity index (χ1n) is 7.23. The van der Waals surface area contributed by atoms with Gasteiger partial charge in [-0.15, -0.1) is 0 Å². The molecular formula is C14H28N2. The molecule has 1 saturated heterocycles. The Morgan fingerprint density at radius 2 is 1.94 bits per heavy atom. The third kappa shape index (κ3) is 3.74. The summed E-state index contributed by atoms with van der Waals surface area (Å²) in [4.78, 5) is 0. The molecule has 1 atom stereocenters. The van der Waals surface area contributed by atoms with E-state index in [2.05, 4.69) is 17.6 Å². The smallest absolute Gasteiger partial charge is 0.0192 e. The van der Waals surface area contributed by atoms with E-state index in [9.17, 15) is 0 Å². The minimum atomic E-state index is 0.590. The van der Waals surface area contributed by atoms with Crippen LogP contribution in [0.5, 0.6) is 0 Å². The van der Waals surface area contributed by atoms with Crippen molar-refractivity contribution in [3.8, 4) is 0 Å². The van der Waals surface area contributed by atoms with Gasteiger partial charge in [-0.25, -0.2) is 0 Å². The normalized spacial score (nSPS) is 30.2. The van der Waals surface area contributed by atoms with Gasteiger partial charge in [0.25, 0.3) is 0 Å². The first-order valence-corrected chi connectivity index (χ1v) is 7.23. The standard InChI is InChI=1S/C14H28N2/c1-14(8-4-2-5-9-14)12-15-11-13-7-3-6-10-16-13/h13,15-16H,2-12H2,1H3. The molecule has 1 heterocycles. The molecular weight excluding hydrogens is 196 g/mol. The summed E-state index contributed by atoms with van der Waals surface area (Å²) >= 11 is 0. The molecule has 1 saturated carbocycles. The second-order valence-corrected chi connectivity index (χ2v) is 6.15. The molecule has 0 aromatic carbocycles. The van der Waals surface area contributed by atoms with Crippen LogP contribution >= 0.6 is 0 Å². The maximum absolute atomic E-state index is 3.70. The average Bonchev–Trinajstić information content (AvgIpc) is 2.31. The van der Waals surface area contributed by atoms with Crippen molar-refractivity contribution in [2.45, 2.75) is 64.3 Å². The number of hydrogen-bond donors (Lipinski definition) is 2. The molecule has 2 heteroatoms. The third-order valence-corrected chi connectivity index (χ3v) is 4.42. The fourth-order valence-electron chi connectivity index (χ4n) is 3.23. The van der Waals surface area contributed by atoms with Crippen LogP contribution in [-0.2, 0) is 0 Å². The monoisotopic (exact) mass is 224 g/mol. The Balaban J connectivity index is 1.62. The molecule has 16 heavy (non-hydrogen) atoms. The first-order chi connectivity index (χ1) is 7.79. The van der Waals surface area contributed by atoms with Crippen LogP contribution in [0.1, 0.15) is 58.3 Å². The minimum absolute atomic E-state index is 0.590. The molecule has 0 aromatic rings. The van der Waals surface area contributed by atoms with E-state index in [1.807, 2.05) is 0 Å². The van der Waals surface area contributed by atoms with Gasteiger partial charge < -0.3 is 10.6 Å². The zero-order valence-electron chi connectivity index (χ0n) is 10.9. The summed E-state index contributed by atoms with van der Waals surface area (Å²) < 4.78 is 0. The maximum Gasteiger partial charge on any atom is 0.0192 e. The molecule has 0 amide bonds. The molecule has 0 spiro atoms. The van der Waals surface area contributed by atoms with Crippen LogP contribution in [0.15, 0.2) is 0 Å². The molecule has 0 bridgehead atoms. The summed E-state index contributed by atoms with van der Waals surface area (Å²) in [6.45, 7) is 6.10. The van der Waals surface area contributed by atoms with E-state index < -0.39 is 0 Å². The summed E-state index contributed by atoms with van der Waals surface area (Å²) in [5, 5.41) is 7.31. The largest absolute Gasteiger partial charge is 0.315 e. The van der Waals surface area contributed by atoms with Crippen LogP contribution in [0.3, 0.4) is 0 Å². The Kier molecular flexibility index (Phi) is 4.66. The first kappa shape index (κ1) is 12.4. The van der Waals surface area contributed by atoms with Crippen molar-refractivity contribution in [1.29, 1.82) is 0 Å². The van der Waals surface area contributed by atoms with E-state index in [1.54, 1.807) is 0 Å². The van der Waals surface area contributed by atoms with Crippen LogP contribution in [0.25, 0.3) is 0 Å². The predicted molar refractivity (Wildman–Crippen MR) is 69.7 cm³/mol. The van der Waals surface area contributed by atoms with Crippen LogP contribution in [-0.4, -0.2) is 25.7 Å². The van der Waals surface area contributed by atoms with Gasteiger partial charge in [0.05, 0.1) is 0 Å². The van der Waals surface area contributed by atoms with Gasteiger partial charge in [0, 0.05) is 19.1 Å². The molecule has 2 fully saturated rings. The third-order valence-electron chi connectivity index (χ3n) is 4.42. The molecule has 2 rings (SSSR count). The van der Waals surface area contributed by atoms with Crippen molar-refractivity contribution < 1.29 is 0 Å². The lowest BCUT2D eigenvalue weighted by atomic mass is 9.76. The Morgan fingerprint density at radius 3 is 2.62 bits per heavy atom. The molecule has 2 nitrogen and oxygen atoms in total. The summed E-state index contributed by atoms with van der Waals surface area (Å²) in [7, 11) is 0. The van der Waals surface area contributed by atoms with Crippen LogP contribution in [0.4, 0.5) is 0 Å². The number of hydrogen-bond acceptors (Lipinski definition) is 2. The molecule has 94 valence electrons. The van der Waals surface area contributed by atoms with E-state index in [-0.39, 0.29) is 0 Å². The highest BCUT2D eigenvalue weighted by Crippen LogP contribution is 2.34. The van der Waals surface area contributed by atoms with Gasteiger partial charge in [-0.05, 0) is 37.6 Å². The zero-order valence-corrected chi connectivity index (χ0v) is 10.9. The van der Waals surface area contributed by atoms with Crippen molar-refractivity contribution in [2.24, 2.45) is 5.41 Å². The summed E-state index contributed by atoms with van der Waals surface area (Å²) in [6, 6.07) is 0.737. The van der Waals surface area contributed by atoms with E-state index in [4.69, 9.17) is 0 Å². The van der Waals surface area contributed by atoms with E-state index >= 15 is 0 Å².